The van der Waals surface area contributed by atoms with Crippen molar-refractivity contribution < 1.29 is 24.5 Å². The Labute approximate surface area is 181 Å². The van der Waals surface area contributed by atoms with E-state index in [4.69, 9.17) is 5.11 Å². The van der Waals surface area contributed by atoms with Crippen molar-refractivity contribution in [2.75, 3.05) is 14.1 Å². The number of aliphatic hydroxyl groups excluding tert-OH is 2. The molecular weight excluding hydrogens is 397 g/mol. The van der Waals surface area contributed by atoms with Crippen molar-refractivity contribution in [3.8, 4) is 0 Å². The van der Waals surface area contributed by atoms with Crippen molar-refractivity contribution >= 4 is 11.5 Å². The van der Waals surface area contributed by atoms with Crippen molar-refractivity contribution in [3.05, 3.63) is 88.3 Å². The van der Waals surface area contributed by atoms with E-state index in [0.717, 1.165) is 33.4 Å². The molecule has 31 heavy (non-hydrogen) atoms. The van der Waals surface area contributed by atoms with Crippen molar-refractivity contribution in [2.24, 2.45) is 0 Å². The Balaban J connectivity index is 2.06. The van der Waals surface area contributed by atoms with Crippen molar-refractivity contribution in [1.82, 2.24) is 4.90 Å². The minimum atomic E-state index is -1.13. The second-order valence-corrected chi connectivity index (χ2v) is 8.16. The molecule has 0 spiro atoms. The van der Waals surface area contributed by atoms with Crippen molar-refractivity contribution in [2.45, 2.75) is 38.0 Å². The highest BCUT2D eigenvalue weighted by Gasteiger charge is 2.32. The van der Waals surface area contributed by atoms with Gasteiger partial charge in [-0.05, 0) is 66.6 Å². The van der Waals surface area contributed by atoms with E-state index in [1.165, 1.54) is 12.1 Å². The molecule has 0 amide bonds. The van der Waals surface area contributed by atoms with Crippen molar-refractivity contribution in [3.63, 3.8) is 0 Å². The van der Waals surface area contributed by atoms with Crippen LogP contribution in [0.4, 0.5) is 4.39 Å². The molecule has 1 aliphatic carbocycles. The lowest BCUT2D eigenvalue weighted by molar-refractivity contribution is -0.139. The van der Waals surface area contributed by atoms with Crippen LogP contribution in [0.2, 0.25) is 0 Å². The van der Waals surface area contributed by atoms with E-state index in [2.05, 4.69) is 11.0 Å². The van der Waals surface area contributed by atoms with E-state index in [0.29, 0.717) is 0 Å². The summed E-state index contributed by atoms with van der Waals surface area (Å²) in [6, 6.07) is 12.7. The highest BCUT2D eigenvalue weighted by Crippen LogP contribution is 2.47. The Morgan fingerprint density at radius 3 is 2.52 bits per heavy atom. The number of rotatable bonds is 8. The molecule has 3 N–H and O–H groups in total. The van der Waals surface area contributed by atoms with E-state index in [1.807, 2.05) is 45.3 Å². The molecule has 6 heteroatoms. The highest BCUT2D eigenvalue weighted by molar-refractivity contribution is 5.91. The summed E-state index contributed by atoms with van der Waals surface area (Å²) in [5, 5.41) is 29.0. The summed E-state index contributed by atoms with van der Waals surface area (Å²) in [6.07, 6.45) is 0.807. The molecule has 0 aromatic heterocycles. The van der Waals surface area contributed by atoms with Crippen LogP contribution < -0.4 is 0 Å². The van der Waals surface area contributed by atoms with E-state index < -0.39 is 24.6 Å². The molecule has 0 aliphatic heterocycles. The summed E-state index contributed by atoms with van der Waals surface area (Å²) >= 11 is 0. The van der Waals surface area contributed by atoms with Gasteiger partial charge in [0.15, 0.2) is 0 Å². The van der Waals surface area contributed by atoms with Gasteiger partial charge in [-0.2, -0.15) is 0 Å². The van der Waals surface area contributed by atoms with Gasteiger partial charge in [-0.3, -0.25) is 9.69 Å². The quantitative estimate of drug-likeness (QED) is 0.601. The number of likely N-dealkylation sites (N-methyl/N-ethyl adjacent to an activating group) is 1. The Hall–Kier alpha value is -2.80. The lowest BCUT2D eigenvalue weighted by atomic mass is 9.93. The molecule has 0 bridgehead atoms. The lowest BCUT2D eigenvalue weighted by Gasteiger charge is -2.23. The second-order valence-electron chi connectivity index (χ2n) is 8.16. The number of carboxylic acids is 1. The van der Waals surface area contributed by atoms with Gasteiger partial charge in [-0.15, -0.1) is 0 Å². The first-order valence-electron chi connectivity index (χ1n) is 10.2. The number of benzene rings is 2. The molecule has 0 fully saturated rings. The molecule has 164 valence electrons. The third-order valence-corrected chi connectivity index (χ3v) is 5.50. The number of nitrogens with zero attached hydrogens (tertiary/aromatic N) is 1. The van der Waals surface area contributed by atoms with Gasteiger partial charge >= 0.3 is 5.97 Å². The zero-order chi connectivity index (χ0) is 22.7. The Bertz CT molecular complexity index is 1030. The number of fused-ring (bicyclic) bond motifs is 1. The topological polar surface area (TPSA) is 81.0 Å². The van der Waals surface area contributed by atoms with Crippen LogP contribution in [0.15, 0.2) is 60.2 Å². The first-order chi connectivity index (χ1) is 14.7. The molecular formula is C25H28FNO4. The number of carbonyl (C=O) groups is 1. The van der Waals surface area contributed by atoms with Crippen LogP contribution in [0.5, 0.6) is 0 Å². The van der Waals surface area contributed by atoms with E-state index in [9.17, 15) is 19.4 Å². The van der Waals surface area contributed by atoms with Crippen LogP contribution in [-0.2, 0) is 4.79 Å². The Morgan fingerprint density at radius 2 is 1.87 bits per heavy atom. The maximum atomic E-state index is 13.8. The molecule has 3 atom stereocenters. The van der Waals surface area contributed by atoms with Gasteiger partial charge in [0.2, 0.25) is 0 Å². The summed E-state index contributed by atoms with van der Waals surface area (Å²) in [5.41, 5.74) is 5.82. The fourth-order valence-electron chi connectivity index (χ4n) is 4.22. The average Bonchev–Trinajstić information content (AvgIpc) is 3.00. The summed E-state index contributed by atoms with van der Waals surface area (Å²) in [4.78, 5) is 12.8. The number of aryl methyl sites for hydroxylation is 1. The van der Waals surface area contributed by atoms with Crippen LogP contribution in [0, 0.1) is 12.7 Å². The van der Waals surface area contributed by atoms with Crippen LogP contribution in [0.1, 0.15) is 41.1 Å². The molecule has 2 aromatic carbocycles. The number of halogens is 1. The molecule has 3 rings (SSSR count). The van der Waals surface area contributed by atoms with Gasteiger partial charge in [0.1, 0.15) is 5.82 Å². The molecule has 0 saturated heterocycles. The predicted molar refractivity (Wildman–Crippen MR) is 118 cm³/mol. The summed E-state index contributed by atoms with van der Waals surface area (Å²) in [6.45, 7) is 1.87. The molecule has 0 heterocycles. The third-order valence-electron chi connectivity index (χ3n) is 5.50. The summed E-state index contributed by atoms with van der Waals surface area (Å²) < 4.78 is 13.8. The van der Waals surface area contributed by atoms with Crippen LogP contribution in [0.3, 0.4) is 0 Å². The van der Waals surface area contributed by atoms with Gasteiger partial charge < -0.3 is 15.3 Å². The van der Waals surface area contributed by atoms with Gasteiger partial charge in [0.05, 0.1) is 24.7 Å². The maximum absolute atomic E-state index is 13.8. The lowest BCUT2D eigenvalue weighted by Crippen LogP contribution is -2.21. The third kappa shape index (κ3) is 5.10. The molecule has 2 aromatic rings. The summed E-state index contributed by atoms with van der Waals surface area (Å²) in [5.74, 6) is -1.41. The fraction of sp³-hybridized carbons (Fsp3) is 0.320. The number of hydrogen-bond acceptors (Lipinski definition) is 4. The van der Waals surface area contributed by atoms with Crippen molar-refractivity contribution in [1.29, 1.82) is 0 Å². The first kappa shape index (κ1) is 22.9. The van der Waals surface area contributed by atoms with Gasteiger partial charge in [-0.25, -0.2) is 4.39 Å². The number of aliphatic hydroxyl groups is 2. The Kier molecular flexibility index (Phi) is 7.05. The molecule has 1 aliphatic rings. The van der Waals surface area contributed by atoms with Gasteiger partial charge in [0, 0.05) is 6.42 Å². The number of carboxylic acid groups (broad SMARTS) is 1. The predicted octanol–water partition coefficient (Wildman–Crippen LogP) is 3.70. The smallest absolute Gasteiger partial charge is 0.305 e. The highest BCUT2D eigenvalue weighted by atomic mass is 19.1. The second kappa shape index (κ2) is 9.56. The van der Waals surface area contributed by atoms with E-state index in [-0.39, 0.29) is 18.3 Å². The van der Waals surface area contributed by atoms with Gasteiger partial charge in [0.25, 0.3) is 0 Å². The maximum Gasteiger partial charge on any atom is 0.305 e. The Morgan fingerprint density at radius 1 is 1.16 bits per heavy atom. The van der Waals surface area contributed by atoms with E-state index >= 15 is 0 Å². The van der Waals surface area contributed by atoms with E-state index in [1.54, 1.807) is 12.1 Å². The van der Waals surface area contributed by atoms with Crippen LogP contribution in [-0.4, -0.2) is 52.5 Å². The zero-order valence-electron chi connectivity index (χ0n) is 17.9. The first-order valence-corrected chi connectivity index (χ1v) is 10.2. The van der Waals surface area contributed by atoms with Gasteiger partial charge in [-0.1, -0.05) is 42.5 Å². The number of aliphatic carboxylic acids is 1. The zero-order valence-corrected chi connectivity index (χ0v) is 17.9. The molecule has 0 saturated carbocycles. The standard InChI is InChI=1S/C25H28FNO4/c1-15-12-16(26)8-10-19(15)24-20-6-4-5-7-21(20)25(27(2)3)22(24)11-9-17(28)13-18(29)14-23(30)31/h4-12,17-18,25,28-29H,13-14H2,1-3H3,(H,30,31)/b11-9+/t17-,18-,25?/m1/s1. The largest absolute Gasteiger partial charge is 0.481 e. The average molecular weight is 426 g/mol. The summed E-state index contributed by atoms with van der Waals surface area (Å²) in [7, 11) is 3.95. The SMILES string of the molecule is Cc1cc(F)ccc1C1=C(/C=C/[C@@H](O)C[C@@H](O)CC(=O)O)C(N(C)C)c2ccccc21. The minimum Gasteiger partial charge on any atom is -0.481 e. The number of hydrogen-bond donors (Lipinski definition) is 3. The van der Waals surface area contributed by atoms with Crippen LogP contribution >= 0.6 is 0 Å². The van der Waals surface area contributed by atoms with Crippen LogP contribution in [0.25, 0.3) is 5.57 Å². The molecule has 5 nitrogen and oxygen atoms in total. The normalized spacial score (nSPS) is 18.0. The fourth-order valence-corrected chi connectivity index (χ4v) is 4.22. The molecule has 0 radical (unpaired) electrons. The monoisotopic (exact) mass is 425 g/mol. The molecule has 1 unspecified atom stereocenters. The minimum absolute atomic E-state index is 0.0666.